The lowest BCUT2D eigenvalue weighted by atomic mass is 10.1. The smallest absolute Gasteiger partial charge is 0.257 e. The highest BCUT2D eigenvalue weighted by atomic mass is 19.1. The van der Waals surface area contributed by atoms with E-state index in [0.717, 1.165) is 17.7 Å². The average Bonchev–Trinajstić information content (AvgIpc) is 3.09. The number of nitrogens with two attached hydrogens (primary N) is 1. The van der Waals surface area contributed by atoms with Crippen LogP contribution in [0.5, 0.6) is 11.5 Å². The predicted octanol–water partition coefficient (Wildman–Crippen LogP) is 3.69. The summed E-state index contributed by atoms with van der Waals surface area (Å²) in [4.78, 5) is 14.0. The van der Waals surface area contributed by atoms with E-state index in [4.69, 9.17) is 15.0 Å². The van der Waals surface area contributed by atoms with Crippen LogP contribution in [0.25, 0.3) is 0 Å². The first kappa shape index (κ1) is 19.6. The molecule has 1 heterocycles. The number of carbonyl (C=O) groups excluding carboxylic acids is 1. The first-order valence-corrected chi connectivity index (χ1v) is 8.90. The maximum absolute atomic E-state index is 14.2. The molecule has 7 heteroatoms. The number of halogens is 1. The number of hydrogen-bond donors (Lipinski definition) is 1. The Morgan fingerprint density at radius 2 is 1.89 bits per heavy atom. The van der Waals surface area contributed by atoms with Crippen LogP contribution in [0.2, 0.25) is 0 Å². The van der Waals surface area contributed by atoms with Gasteiger partial charge in [-0.1, -0.05) is 17.3 Å². The number of hydrogen-bond acceptors (Lipinski definition) is 5. The molecule has 0 aliphatic heterocycles. The normalized spacial score (nSPS) is 10.7. The maximum atomic E-state index is 14.2. The van der Waals surface area contributed by atoms with Crippen molar-refractivity contribution in [3.05, 3.63) is 76.9 Å². The monoisotopic (exact) mass is 383 g/mol. The van der Waals surface area contributed by atoms with Crippen LogP contribution in [0.4, 0.5) is 4.39 Å². The predicted molar refractivity (Wildman–Crippen MR) is 103 cm³/mol. The van der Waals surface area contributed by atoms with E-state index < -0.39 is 11.7 Å². The van der Waals surface area contributed by atoms with E-state index in [2.05, 4.69) is 5.16 Å². The van der Waals surface area contributed by atoms with Crippen molar-refractivity contribution in [1.82, 2.24) is 10.1 Å². The molecule has 0 radical (unpaired) electrons. The molecule has 2 N–H and O–H groups in total. The molecule has 0 saturated carbocycles. The Balaban J connectivity index is 1.73. The second-order valence-electron chi connectivity index (χ2n) is 6.52. The molecule has 3 rings (SSSR count). The second-order valence-corrected chi connectivity index (χ2v) is 6.52. The summed E-state index contributed by atoms with van der Waals surface area (Å²) >= 11 is 0. The van der Waals surface area contributed by atoms with Crippen LogP contribution >= 0.6 is 0 Å². The highest BCUT2D eigenvalue weighted by Gasteiger charge is 2.19. The van der Waals surface area contributed by atoms with Crippen molar-refractivity contribution in [1.29, 1.82) is 0 Å². The molecule has 0 unspecified atom stereocenters. The molecular formula is C21H22FN3O3. The highest BCUT2D eigenvalue weighted by molar-refractivity contribution is 5.94. The minimum Gasteiger partial charge on any atom is -0.457 e. The zero-order valence-electron chi connectivity index (χ0n) is 15.8. The Morgan fingerprint density at radius 3 is 2.54 bits per heavy atom. The zero-order chi connectivity index (χ0) is 20.1. The number of carbonyl (C=O) groups is 1. The van der Waals surface area contributed by atoms with Crippen molar-refractivity contribution in [3.63, 3.8) is 0 Å². The fourth-order valence-electron chi connectivity index (χ4n) is 2.76. The third-order valence-corrected chi connectivity index (χ3v) is 4.18. The first-order chi connectivity index (χ1) is 13.5. The SMILES string of the molecule is Cc1cc(CN(C)C(=O)c2cc(Oc3ccc(CCN)cc3)ccc2F)on1. The van der Waals surface area contributed by atoms with E-state index in [1.165, 1.54) is 23.1 Å². The Bertz CT molecular complexity index is 954. The van der Waals surface area contributed by atoms with Crippen LogP contribution in [0.1, 0.15) is 27.4 Å². The van der Waals surface area contributed by atoms with E-state index in [1.807, 2.05) is 24.3 Å². The van der Waals surface area contributed by atoms with Crippen molar-refractivity contribution >= 4 is 5.91 Å². The van der Waals surface area contributed by atoms with Crippen LogP contribution in [-0.2, 0) is 13.0 Å². The van der Waals surface area contributed by atoms with Gasteiger partial charge in [0.25, 0.3) is 5.91 Å². The summed E-state index contributed by atoms with van der Waals surface area (Å²) in [6, 6.07) is 13.3. The standard InChI is InChI=1S/C21H22FN3O3/c1-14-11-18(28-24-14)13-25(2)21(26)19-12-17(7-8-20(19)22)27-16-5-3-15(4-6-16)9-10-23/h3-8,11-12H,9-10,13,23H2,1-2H3. The zero-order valence-corrected chi connectivity index (χ0v) is 15.8. The van der Waals surface area contributed by atoms with Gasteiger partial charge in [-0.3, -0.25) is 4.79 Å². The minimum atomic E-state index is -0.615. The molecule has 28 heavy (non-hydrogen) atoms. The molecule has 0 fully saturated rings. The highest BCUT2D eigenvalue weighted by Crippen LogP contribution is 2.25. The Labute approximate surface area is 162 Å². The van der Waals surface area contributed by atoms with Crippen LogP contribution in [-0.4, -0.2) is 29.6 Å². The molecule has 0 bridgehead atoms. The third-order valence-electron chi connectivity index (χ3n) is 4.18. The molecule has 0 aliphatic rings. The lowest BCUT2D eigenvalue weighted by molar-refractivity contribution is 0.0767. The molecule has 1 amide bonds. The van der Waals surface area contributed by atoms with Crippen LogP contribution in [0.3, 0.4) is 0 Å². The number of ether oxygens (including phenoxy) is 1. The van der Waals surface area contributed by atoms with Gasteiger partial charge in [0.1, 0.15) is 17.3 Å². The molecule has 3 aromatic rings. The number of aryl methyl sites for hydroxylation is 1. The maximum Gasteiger partial charge on any atom is 0.257 e. The summed E-state index contributed by atoms with van der Waals surface area (Å²) in [5.74, 6) is 0.404. The third kappa shape index (κ3) is 4.75. The van der Waals surface area contributed by atoms with Crippen molar-refractivity contribution in [3.8, 4) is 11.5 Å². The van der Waals surface area contributed by atoms with Gasteiger partial charge in [0.15, 0.2) is 5.76 Å². The van der Waals surface area contributed by atoms with E-state index in [1.54, 1.807) is 20.0 Å². The van der Waals surface area contributed by atoms with Gasteiger partial charge in [0.05, 0.1) is 17.8 Å². The Morgan fingerprint density at radius 1 is 1.18 bits per heavy atom. The molecule has 0 saturated heterocycles. The van der Waals surface area contributed by atoms with Crippen molar-refractivity contribution in [2.45, 2.75) is 19.9 Å². The molecule has 6 nitrogen and oxygen atoms in total. The number of benzene rings is 2. The summed E-state index contributed by atoms with van der Waals surface area (Å²) in [6.07, 6.45) is 0.784. The topological polar surface area (TPSA) is 81.6 Å². The van der Waals surface area contributed by atoms with Crippen LogP contribution in [0, 0.1) is 12.7 Å². The van der Waals surface area contributed by atoms with Crippen molar-refractivity contribution < 1.29 is 18.4 Å². The molecule has 146 valence electrons. The van der Waals surface area contributed by atoms with Gasteiger partial charge in [-0.25, -0.2) is 4.39 Å². The largest absolute Gasteiger partial charge is 0.457 e. The molecule has 0 spiro atoms. The molecule has 0 atom stereocenters. The van der Waals surface area contributed by atoms with Gasteiger partial charge >= 0.3 is 0 Å². The van der Waals surface area contributed by atoms with Crippen molar-refractivity contribution in [2.75, 3.05) is 13.6 Å². The van der Waals surface area contributed by atoms with Gasteiger partial charge in [0.2, 0.25) is 0 Å². The summed E-state index contributed by atoms with van der Waals surface area (Å²) in [5, 5.41) is 3.78. The lowest BCUT2D eigenvalue weighted by Crippen LogP contribution is -2.26. The average molecular weight is 383 g/mol. The van der Waals surface area contributed by atoms with E-state index in [-0.39, 0.29) is 12.1 Å². The van der Waals surface area contributed by atoms with Crippen molar-refractivity contribution in [2.24, 2.45) is 5.73 Å². The Hall–Kier alpha value is -3.19. The molecule has 0 aliphatic carbocycles. The van der Waals surface area contributed by atoms with Gasteiger partial charge in [-0.15, -0.1) is 0 Å². The Kier molecular flexibility index (Phi) is 6.06. The number of rotatable bonds is 7. The summed E-state index contributed by atoms with van der Waals surface area (Å²) in [6.45, 7) is 2.55. The van der Waals surface area contributed by atoms with E-state index in [0.29, 0.717) is 23.8 Å². The van der Waals surface area contributed by atoms with Crippen LogP contribution in [0.15, 0.2) is 53.1 Å². The summed E-state index contributed by atoms with van der Waals surface area (Å²) in [5.41, 5.74) is 7.29. The van der Waals surface area contributed by atoms with Gasteiger partial charge < -0.3 is 19.9 Å². The van der Waals surface area contributed by atoms with E-state index >= 15 is 0 Å². The molecule has 1 aromatic heterocycles. The molecule has 2 aromatic carbocycles. The molecular weight excluding hydrogens is 361 g/mol. The van der Waals surface area contributed by atoms with E-state index in [9.17, 15) is 9.18 Å². The minimum absolute atomic E-state index is 0.0732. The summed E-state index contributed by atoms with van der Waals surface area (Å²) < 4.78 is 25.1. The quantitative estimate of drug-likeness (QED) is 0.673. The number of aromatic nitrogens is 1. The number of amides is 1. The summed E-state index contributed by atoms with van der Waals surface area (Å²) in [7, 11) is 1.57. The fourth-order valence-corrected chi connectivity index (χ4v) is 2.76. The van der Waals surface area contributed by atoms with Gasteiger partial charge in [-0.05, 0) is 55.8 Å². The van der Waals surface area contributed by atoms with Crippen LogP contribution < -0.4 is 10.5 Å². The second kappa shape index (κ2) is 8.67. The van der Waals surface area contributed by atoms with Gasteiger partial charge in [-0.2, -0.15) is 0 Å². The number of nitrogens with zero attached hydrogens (tertiary/aromatic N) is 2. The van der Waals surface area contributed by atoms with Gasteiger partial charge in [0, 0.05) is 13.1 Å². The fraction of sp³-hybridized carbons (Fsp3) is 0.238. The lowest BCUT2D eigenvalue weighted by Gasteiger charge is -2.16. The first-order valence-electron chi connectivity index (χ1n) is 8.90.